The molecule has 0 aliphatic heterocycles. The van der Waals surface area contributed by atoms with Gasteiger partial charge in [-0.25, -0.2) is 9.97 Å². The van der Waals surface area contributed by atoms with Crippen molar-refractivity contribution in [3.8, 4) is 34.7 Å². The minimum absolute atomic E-state index is 0.00543. The Labute approximate surface area is 250 Å². The number of aryl methyl sites for hydroxylation is 2. The van der Waals surface area contributed by atoms with Crippen LogP contribution in [0.15, 0.2) is 92.7 Å². The van der Waals surface area contributed by atoms with Gasteiger partial charge in [0.25, 0.3) is 11.1 Å². The van der Waals surface area contributed by atoms with Crippen molar-refractivity contribution in [1.29, 1.82) is 10.5 Å². The molecule has 5 aromatic rings. The first-order valence-corrected chi connectivity index (χ1v) is 14.9. The van der Waals surface area contributed by atoms with Crippen LogP contribution in [0.4, 0.5) is 0 Å². The Hall–Kier alpha value is -4.90. The van der Waals surface area contributed by atoms with Gasteiger partial charge in [0.1, 0.15) is 23.3 Å². The molecule has 0 bridgehead atoms. The summed E-state index contributed by atoms with van der Waals surface area (Å²) < 4.78 is 0. The summed E-state index contributed by atoms with van der Waals surface area (Å²) in [6.07, 6.45) is 0. The molecule has 2 heterocycles. The highest BCUT2D eigenvalue weighted by atomic mass is 32.2. The van der Waals surface area contributed by atoms with Crippen molar-refractivity contribution < 1.29 is 0 Å². The Balaban J connectivity index is 1.27. The van der Waals surface area contributed by atoms with Gasteiger partial charge >= 0.3 is 0 Å². The Kier molecular flexibility index (Phi) is 8.68. The quantitative estimate of drug-likeness (QED) is 0.163. The Bertz CT molecular complexity index is 1810. The van der Waals surface area contributed by atoms with Crippen molar-refractivity contribution in [2.75, 3.05) is 0 Å². The predicted molar refractivity (Wildman–Crippen MR) is 165 cm³/mol. The fourth-order valence-corrected chi connectivity index (χ4v) is 5.76. The summed E-state index contributed by atoms with van der Waals surface area (Å²) in [6.45, 7) is 3.94. The van der Waals surface area contributed by atoms with Gasteiger partial charge in [0.05, 0.1) is 11.4 Å². The van der Waals surface area contributed by atoms with Crippen molar-refractivity contribution in [2.45, 2.75) is 35.7 Å². The standard InChI is InChI=1S/C32H24N6O2S2/c1-19-3-11-23(12-4-19)27-25(15-33)29(39)37-31(35-27)41-17-21-7-9-22(10-8-21)18-42-32-36-28(26(16-34)30(40)38-32)24-13-5-20(2)6-14-24/h3-14H,17-18H2,1-2H3,(H,35,37,39)(H,36,38,40). The maximum atomic E-state index is 12.6. The number of rotatable bonds is 8. The number of hydrogen-bond acceptors (Lipinski definition) is 8. The molecule has 0 radical (unpaired) electrons. The zero-order chi connectivity index (χ0) is 29.6. The third-order valence-corrected chi connectivity index (χ3v) is 8.33. The number of nitrogens with zero attached hydrogens (tertiary/aromatic N) is 4. The highest BCUT2D eigenvalue weighted by Crippen LogP contribution is 2.27. The van der Waals surface area contributed by atoms with Gasteiger partial charge in [0.15, 0.2) is 10.3 Å². The van der Waals surface area contributed by atoms with E-state index in [4.69, 9.17) is 0 Å². The highest BCUT2D eigenvalue weighted by Gasteiger charge is 2.15. The third-order valence-electron chi connectivity index (χ3n) is 6.44. The second-order valence-corrected chi connectivity index (χ2v) is 11.5. The number of nitrogens with one attached hydrogen (secondary N) is 2. The van der Waals surface area contributed by atoms with E-state index in [2.05, 4.69) is 19.9 Å². The second-order valence-electron chi connectivity index (χ2n) is 9.54. The van der Waals surface area contributed by atoms with Crippen LogP contribution in [0.2, 0.25) is 0 Å². The molecule has 2 N–H and O–H groups in total. The Morgan fingerprint density at radius 1 is 0.619 bits per heavy atom. The maximum absolute atomic E-state index is 12.6. The first-order chi connectivity index (χ1) is 20.3. The van der Waals surface area contributed by atoms with Crippen molar-refractivity contribution >= 4 is 23.5 Å². The van der Waals surface area contributed by atoms with Gasteiger partial charge in [-0.1, -0.05) is 107 Å². The molecule has 0 saturated heterocycles. The highest BCUT2D eigenvalue weighted by molar-refractivity contribution is 7.98. The van der Waals surface area contributed by atoms with Gasteiger partial charge < -0.3 is 9.97 Å². The van der Waals surface area contributed by atoms with E-state index in [0.29, 0.717) is 33.2 Å². The smallest absolute Gasteiger partial charge is 0.270 e. The van der Waals surface area contributed by atoms with Crippen LogP contribution in [0.3, 0.4) is 0 Å². The number of H-pyrrole nitrogens is 2. The molecule has 0 saturated carbocycles. The van der Waals surface area contributed by atoms with Gasteiger partial charge in [0, 0.05) is 22.6 Å². The summed E-state index contributed by atoms with van der Waals surface area (Å²) >= 11 is 2.77. The molecule has 0 amide bonds. The molecule has 0 unspecified atom stereocenters. The zero-order valence-electron chi connectivity index (χ0n) is 22.8. The van der Waals surface area contributed by atoms with E-state index in [1.54, 1.807) is 0 Å². The average molecular weight is 589 g/mol. The van der Waals surface area contributed by atoms with Crippen LogP contribution >= 0.6 is 23.5 Å². The molecule has 0 aliphatic carbocycles. The van der Waals surface area contributed by atoms with Crippen LogP contribution in [-0.4, -0.2) is 19.9 Å². The van der Waals surface area contributed by atoms with Crippen LogP contribution in [0.25, 0.3) is 22.5 Å². The number of benzene rings is 3. The summed E-state index contributed by atoms with van der Waals surface area (Å²) in [5.41, 5.74) is 5.46. The van der Waals surface area contributed by atoms with Crippen molar-refractivity contribution in [3.63, 3.8) is 0 Å². The fraction of sp³-hybridized carbons (Fsp3) is 0.125. The molecule has 42 heavy (non-hydrogen) atoms. The largest absolute Gasteiger partial charge is 0.300 e. The maximum Gasteiger partial charge on any atom is 0.270 e. The third kappa shape index (κ3) is 6.52. The van der Waals surface area contributed by atoms with Crippen LogP contribution in [0, 0.1) is 36.5 Å². The van der Waals surface area contributed by atoms with Crippen LogP contribution < -0.4 is 11.1 Å². The van der Waals surface area contributed by atoms with Crippen molar-refractivity contribution in [3.05, 3.63) is 127 Å². The minimum atomic E-state index is -0.460. The van der Waals surface area contributed by atoms with Gasteiger partial charge in [-0.2, -0.15) is 10.5 Å². The molecule has 2 aromatic heterocycles. The van der Waals surface area contributed by atoms with Crippen LogP contribution in [-0.2, 0) is 11.5 Å². The molecule has 0 spiro atoms. The molecule has 206 valence electrons. The number of nitriles is 2. The monoisotopic (exact) mass is 588 g/mol. The first kappa shape index (κ1) is 28.6. The number of aromatic nitrogens is 4. The van der Waals surface area contributed by atoms with Gasteiger partial charge in [-0.15, -0.1) is 0 Å². The lowest BCUT2D eigenvalue weighted by atomic mass is 10.1. The van der Waals surface area contributed by atoms with E-state index in [9.17, 15) is 20.1 Å². The lowest BCUT2D eigenvalue weighted by Crippen LogP contribution is -2.14. The summed E-state index contributed by atoms with van der Waals surface area (Å²) in [4.78, 5) is 39.7. The van der Waals surface area contributed by atoms with Crippen LogP contribution in [0.1, 0.15) is 33.4 Å². The summed E-state index contributed by atoms with van der Waals surface area (Å²) in [7, 11) is 0. The van der Waals surface area contributed by atoms with E-state index >= 15 is 0 Å². The lowest BCUT2D eigenvalue weighted by molar-refractivity contribution is 0.934. The predicted octanol–water partition coefficient (Wildman–Crippen LogP) is 6.13. The van der Waals surface area contributed by atoms with Gasteiger partial charge in [-0.3, -0.25) is 9.59 Å². The fourth-order valence-electron chi connectivity index (χ4n) is 4.13. The molecule has 0 atom stereocenters. The van der Waals surface area contributed by atoms with E-state index < -0.39 is 11.1 Å². The minimum Gasteiger partial charge on any atom is -0.300 e. The topological polar surface area (TPSA) is 139 Å². The molecule has 3 aromatic carbocycles. The van der Waals surface area contributed by atoms with E-state index in [-0.39, 0.29) is 11.1 Å². The molecular formula is C32H24N6O2S2. The molecule has 0 fully saturated rings. The number of aromatic amines is 2. The SMILES string of the molecule is Cc1ccc(-c2nc(SCc3ccc(CSc4nc(-c5ccc(C)cc5)c(C#N)c(=O)[nH]4)cc3)[nH]c(=O)c2C#N)cc1. The van der Waals surface area contributed by atoms with Crippen LogP contribution in [0.5, 0.6) is 0 Å². The number of hydrogen-bond donors (Lipinski definition) is 2. The van der Waals surface area contributed by atoms with Crippen molar-refractivity contribution in [1.82, 2.24) is 19.9 Å². The van der Waals surface area contributed by atoms with Crippen molar-refractivity contribution in [2.24, 2.45) is 0 Å². The Morgan fingerprint density at radius 2 is 0.976 bits per heavy atom. The molecular weight excluding hydrogens is 565 g/mol. The summed E-state index contributed by atoms with van der Waals surface area (Å²) in [5.74, 6) is 1.14. The van der Waals surface area contributed by atoms with Gasteiger partial charge in [-0.05, 0) is 25.0 Å². The molecule has 8 nitrogen and oxygen atoms in total. The molecule has 5 rings (SSSR count). The average Bonchev–Trinajstić information content (AvgIpc) is 2.99. The Morgan fingerprint density at radius 3 is 1.31 bits per heavy atom. The number of thioether (sulfide) groups is 2. The zero-order valence-corrected chi connectivity index (χ0v) is 24.4. The van der Waals surface area contributed by atoms with Gasteiger partial charge in [0.2, 0.25) is 0 Å². The van der Waals surface area contributed by atoms with E-state index in [0.717, 1.165) is 33.4 Å². The summed E-state index contributed by atoms with van der Waals surface area (Å²) in [5, 5.41) is 19.9. The first-order valence-electron chi connectivity index (χ1n) is 12.9. The van der Waals surface area contributed by atoms with E-state index in [1.807, 2.05) is 98.8 Å². The second kappa shape index (κ2) is 12.7. The molecule has 0 aliphatic rings. The lowest BCUT2D eigenvalue weighted by Gasteiger charge is -2.08. The normalized spacial score (nSPS) is 10.7. The molecule has 10 heteroatoms. The van der Waals surface area contributed by atoms with E-state index in [1.165, 1.54) is 23.5 Å². The summed E-state index contributed by atoms with van der Waals surface area (Å²) in [6, 6.07) is 27.1.